The molecule has 4 aromatic rings. The number of nitrogens with one attached hydrogen (secondary N) is 2. The molecule has 0 radical (unpaired) electrons. The molecule has 1 amide bonds. The second kappa shape index (κ2) is 11.8. The Bertz CT molecular complexity index is 1710. The number of amides is 1. The summed E-state index contributed by atoms with van der Waals surface area (Å²) >= 11 is 0. The maximum Gasteiger partial charge on any atom is 0.261 e. The highest BCUT2D eigenvalue weighted by Gasteiger charge is 2.21. The van der Waals surface area contributed by atoms with Gasteiger partial charge in [0.15, 0.2) is 0 Å². The van der Waals surface area contributed by atoms with Crippen LogP contribution in [0.4, 0.5) is 17.1 Å². The Morgan fingerprint density at radius 2 is 1.35 bits per heavy atom. The van der Waals surface area contributed by atoms with Crippen molar-refractivity contribution in [3.63, 3.8) is 0 Å². The topological polar surface area (TPSA) is 122 Å². The molecule has 9 nitrogen and oxygen atoms in total. The fourth-order valence-corrected chi connectivity index (χ4v) is 5.68. The maximum atomic E-state index is 12.8. The Hall–Kier alpha value is -4.35. The lowest BCUT2D eigenvalue weighted by Gasteiger charge is -2.22. The van der Waals surface area contributed by atoms with Gasteiger partial charge in [0.2, 0.25) is 15.9 Å². The number of ether oxygens (including phenoxy) is 1. The predicted molar refractivity (Wildman–Crippen MR) is 157 cm³/mol. The molecule has 2 N–H and O–H groups in total. The first-order valence-corrected chi connectivity index (χ1v) is 15.5. The van der Waals surface area contributed by atoms with E-state index in [0.29, 0.717) is 22.9 Å². The van der Waals surface area contributed by atoms with Crippen LogP contribution in [0.5, 0.6) is 11.5 Å². The van der Waals surface area contributed by atoms with Crippen LogP contribution in [0.15, 0.2) is 102 Å². The lowest BCUT2D eigenvalue weighted by molar-refractivity contribution is -0.114. The van der Waals surface area contributed by atoms with Gasteiger partial charge < -0.3 is 10.1 Å². The van der Waals surface area contributed by atoms with Gasteiger partial charge in [0.1, 0.15) is 18.0 Å². The van der Waals surface area contributed by atoms with Crippen molar-refractivity contribution in [1.82, 2.24) is 0 Å². The molecule has 4 rings (SSSR count). The average Bonchev–Trinajstić information content (AvgIpc) is 2.90. The molecule has 0 unspecified atom stereocenters. The molecule has 0 aromatic heterocycles. The summed E-state index contributed by atoms with van der Waals surface area (Å²) in [4.78, 5) is 12.8. The van der Waals surface area contributed by atoms with E-state index in [2.05, 4.69) is 10.0 Å². The van der Waals surface area contributed by atoms with Crippen LogP contribution in [0, 0.1) is 13.8 Å². The van der Waals surface area contributed by atoms with Gasteiger partial charge in [0.25, 0.3) is 10.0 Å². The summed E-state index contributed by atoms with van der Waals surface area (Å²) in [5.41, 5.74) is 3.05. The normalized spacial score (nSPS) is 11.5. The molecular weight excluding hydrogens is 550 g/mol. The molecule has 0 spiro atoms. The largest absolute Gasteiger partial charge is 0.457 e. The zero-order valence-electron chi connectivity index (χ0n) is 22.2. The lowest BCUT2D eigenvalue weighted by atomic mass is 10.1. The van der Waals surface area contributed by atoms with Gasteiger partial charge in [0.05, 0.1) is 16.8 Å². The molecule has 0 aliphatic carbocycles. The van der Waals surface area contributed by atoms with Crippen molar-refractivity contribution in [3.05, 3.63) is 108 Å². The first-order valence-electron chi connectivity index (χ1n) is 12.2. The monoisotopic (exact) mass is 579 g/mol. The van der Waals surface area contributed by atoms with Gasteiger partial charge in [-0.2, -0.15) is 0 Å². The highest BCUT2D eigenvalue weighted by molar-refractivity contribution is 7.92. The van der Waals surface area contributed by atoms with Gasteiger partial charge in [-0.05, 0) is 97.8 Å². The van der Waals surface area contributed by atoms with Gasteiger partial charge in [-0.25, -0.2) is 16.8 Å². The Labute approximate surface area is 234 Å². The number of carbonyl (C=O) groups excluding carboxylic acids is 1. The van der Waals surface area contributed by atoms with E-state index in [1.165, 1.54) is 24.3 Å². The van der Waals surface area contributed by atoms with E-state index in [9.17, 15) is 21.6 Å². The highest BCUT2D eigenvalue weighted by atomic mass is 32.2. The molecule has 0 heterocycles. The maximum absolute atomic E-state index is 12.8. The van der Waals surface area contributed by atoms with Crippen molar-refractivity contribution in [2.24, 2.45) is 0 Å². The standard InChI is InChI=1S/C29H29N3O6S2/c1-21-9-10-24(19-22(21)2)31-40(36,37)28-17-11-23(12-18-28)30-29(33)20-32(39(3,34)35)25-13-15-27(16-14-25)38-26-7-5-4-6-8-26/h4-19,31H,20H2,1-3H3,(H,30,33). The van der Waals surface area contributed by atoms with Crippen LogP contribution in [0.1, 0.15) is 11.1 Å². The fourth-order valence-electron chi connectivity index (χ4n) is 3.77. The van der Waals surface area contributed by atoms with E-state index in [1.807, 2.05) is 38.1 Å². The van der Waals surface area contributed by atoms with E-state index < -0.39 is 32.5 Å². The summed E-state index contributed by atoms with van der Waals surface area (Å²) < 4.78 is 59.8. The molecule has 0 fully saturated rings. The van der Waals surface area contributed by atoms with Crippen molar-refractivity contribution in [1.29, 1.82) is 0 Å². The van der Waals surface area contributed by atoms with Crippen LogP contribution < -0.4 is 19.1 Å². The molecule has 0 aliphatic heterocycles. The number of anilines is 3. The number of rotatable bonds is 10. The molecule has 208 valence electrons. The van der Waals surface area contributed by atoms with E-state index in [1.54, 1.807) is 48.5 Å². The summed E-state index contributed by atoms with van der Waals surface area (Å²) in [7, 11) is -7.64. The number of nitrogens with zero attached hydrogens (tertiary/aromatic N) is 1. The minimum Gasteiger partial charge on any atom is -0.457 e. The van der Waals surface area contributed by atoms with E-state index in [0.717, 1.165) is 21.7 Å². The lowest BCUT2D eigenvalue weighted by Crippen LogP contribution is -2.37. The van der Waals surface area contributed by atoms with E-state index >= 15 is 0 Å². The summed E-state index contributed by atoms with van der Waals surface area (Å²) in [5, 5.41) is 2.62. The first-order chi connectivity index (χ1) is 18.9. The zero-order chi connectivity index (χ0) is 28.9. The molecule has 40 heavy (non-hydrogen) atoms. The molecule has 0 saturated carbocycles. The van der Waals surface area contributed by atoms with Crippen LogP contribution in [-0.4, -0.2) is 35.5 Å². The van der Waals surface area contributed by atoms with E-state index in [-0.39, 0.29) is 10.6 Å². The molecule has 0 bridgehead atoms. The molecule has 11 heteroatoms. The average molecular weight is 580 g/mol. The smallest absolute Gasteiger partial charge is 0.261 e. The van der Waals surface area contributed by atoms with E-state index in [4.69, 9.17) is 4.74 Å². The third-order valence-electron chi connectivity index (χ3n) is 6.00. The Morgan fingerprint density at radius 3 is 1.95 bits per heavy atom. The minimum atomic E-state index is -3.85. The number of hydrogen-bond donors (Lipinski definition) is 2. The minimum absolute atomic E-state index is 0.0132. The molecule has 0 atom stereocenters. The van der Waals surface area contributed by atoms with Crippen LogP contribution >= 0.6 is 0 Å². The van der Waals surface area contributed by atoms with Crippen LogP contribution in [-0.2, 0) is 24.8 Å². The van der Waals surface area contributed by atoms with Gasteiger partial charge in [-0.1, -0.05) is 24.3 Å². The first kappa shape index (κ1) is 28.7. The Balaban J connectivity index is 1.42. The molecule has 0 aliphatic rings. The van der Waals surface area contributed by atoms with Crippen molar-refractivity contribution < 1.29 is 26.4 Å². The molecule has 0 saturated heterocycles. The number of para-hydroxylation sites is 1. The van der Waals surface area contributed by atoms with Gasteiger partial charge >= 0.3 is 0 Å². The second-order valence-electron chi connectivity index (χ2n) is 9.16. The quantitative estimate of drug-likeness (QED) is 0.263. The van der Waals surface area contributed by atoms with Crippen molar-refractivity contribution in [3.8, 4) is 11.5 Å². The number of carbonyl (C=O) groups is 1. The molecule has 4 aromatic carbocycles. The number of benzene rings is 4. The van der Waals surface area contributed by atoms with Crippen molar-refractivity contribution >= 4 is 43.0 Å². The van der Waals surface area contributed by atoms with Gasteiger partial charge in [-0.15, -0.1) is 0 Å². The third-order valence-corrected chi connectivity index (χ3v) is 8.54. The third kappa shape index (κ3) is 7.39. The number of hydrogen-bond acceptors (Lipinski definition) is 6. The summed E-state index contributed by atoms with van der Waals surface area (Å²) in [6.45, 7) is 3.35. The van der Waals surface area contributed by atoms with Crippen LogP contribution in [0.3, 0.4) is 0 Å². The zero-order valence-corrected chi connectivity index (χ0v) is 23.8. The van der Waals surface area contributed by atoms with Crippen molar-refractivity contribution in [2.75, 3.05) is 27.1 Å². The molecular formula is C29H29N3O6S2. The van der Waals surface area contributed by atoms with Crippen LogP contribution in [0.2, 0.25) is 0 Å². The van der Waals surface area contributed by atoms with Gasteiger partial charge in [0, 0.05) is 11.4 Å². The summed E-state index contributed by atoms with van der Waals surface area (Å²) in [6, 6.07) is 26.3. The van der Waals surface area contributed by atoms with Crippen molar-refractivity contribution in [2.45, 2.75) is 18.7 Å². The Morgan fingerprint density at radius 1 is 0.750 bits per heavy atom. The predicted octanol–water partition coefficient (Wildman–Crippen LogP) is 5.30. The van der Waals surface area contributed by atoms with Crippen LogP contribution in [0.25, 0.3) is 0 Å². The summed E-state index contributed by atoms with van der Waals surface area (Å²) in [5.74, 6) is 0.545. The number of aryl methyl sites for hydroxylation is 2. The second-order valence-corrected chi connectivity index (χ2v) is 12.7. The Kier molecular flexibility index (Phi) is 8.46. The summed E-state index contributed by atoms with van der Waals surface area (Å²) in [6.07, 6.45) is 1.01. The number of sulfonamides is 2. The fraction of sp³-hybridized carbons (Fsp3) is 0.138. The SMILES string of the molecule is Cc1ccc(NS(=O)(=O)c2ccc(NC(=O)CN(c3ccc(Oc4ccccc4)cc3)S(C)(=O)=O)cc2)cc1C. The highest BCUT2D eigenvalue weighted by Crippen LogP contribution is 2.26. The van der Waals surface area contributed by atoms with Gasteiger partial charge in [-0.3, -0.25) is 13.8 Å².